The molecular formula is C15H16ClN5O2. The molecule has 1 aromatic carbocycles. The number of ether oxygens (including phenoxy) is 1. The van der Waals surface area contributed by atoms with E-state index in [1.807, 2.05) is 6.07 Å². The number of aryl methyl sites for hydroxylation is 1. The van der Waals surface area contributed by atoms with Gasteiger partial charge >= 0.3 is 6.09 Å². The first-order chi connectivity index (χ1) is 11.0. The van der Waals surface area contributed by atoms with Crippen LogP contribution in [-0.2, 0) is 18.3 Å². The number of amides is 1. The standard InChI is InChI=1S/C15H16ClN5O2/c1-3-23-15(22)20-13-5-4-12(6-10(13)7-17)18-8-11-9-19-21(2)14(11)16/h4-6,9,18H,3,8H2,1-2H3,(H,20,22). The smallest absolute Gasteiger partial charge is 0.411 e. The van der Waals surface area contributed by atoms with Crippen molar-refractivity contribution in [2.75, 3.05) is 17.2 Å². The highest BCUT2D eigenvalue weighted by Crippen LogP contribution is 2.22. The Hall–Kier alpha value is -2.72. The van der Waals surface area contributed by atoms with Crippen molar-refractivity contribution in [1.82, 2.24) is 9.78 Å². The van der Waals surface area contributed by atoms with Crippen molar-refractivity contribution < 1.29 is 9.53 Å². The summed E-state index contributed by atoms with van der Waals surface area (Å²) in [6.07, 6.45) is 1.09. The third kappa shape index (κ3) is 4.14. The minimum Gasteiger partial charge on any atom is -0.450 e. The molecule has 0 saturated carbocycles. The summed E-state index contributed by atoms with van der Waals surface area (Å²) < 4.78 is 6.37. The van der Waals surface area contributed by atoms with E-state index in [1.54, 1.807) is 43.0 Å². The number of nitriles is 1. The SMILES string of the molecule is CCOC(=O)Nc1ccc(NCc2cnn(C)c2Cl)cc1C#N. The number of hydrogen-bond acceptors (Lipinski definition) is 5. The quantitative estimate of drug-likeness (QED) is 0.877. The molecular weight excluding hydrogens is 318 g/mol. The fraction of sp³-hybridized carbons (Fsp3) is 0.267. The van der Waals surface area contributed by atoms with Crippen molar-refractivity contribution in [3.63, 3.8) is 0 Å². The summed E-state index contributed by atoms with van der Waals surface area (Å²) in [7, 11) is 1.76. The lowest BCUT2D eigenvalue weighted by atomic mass is 10.1. The second-order valence-electron chi connectivity index (χ2n) is 4.66. The Kier molecular flexibility index (Phi) is 5.44. The molecule has 0 saturated heterocycles. The molecule has 8 heteroatoms. The number of anilines is 2. The number of benzene rings is 1. The van der Waals surface area contributed by atoms with Gasteiger partial charge in [-0.25, -0.2) is 4.79 Å². The molecule has 0 aliphatic heterocycles. The molecule has 2 N–H and O–H groups in total. The topological polar surface area (TPSA) is 92.0 Å². The van der Waals surface area contributed by atoms with Gasteiger partial charge in [-0.1, -0.05) is 11.6 Å². The summed E-state index contributed by atoms with van der Waals surface area (Å²) in [5.74, 6) is 0. The zero-order chi connectivity index (χ0) is 16.8. The highest BCUT2D eigenvalue weighted by atomic mass is 35.5. The van der Waals surface area contributed by atoms with E-state index in [1.165, 1.54) is 0 Å². The zero-order valence-electron chi connectivity index (χ0n) is 12.8. The first kappa shape index (κ1) is 16.6. The van der Waals surface area contributed by atoms with E-state index in [9.17, 15) is 10.1 Å². The van der Waals surface area contributed by atoms with Crippen LogP contribution in [0.25, 0.3) is 0 Å². The normalized spacial score (nSPS) is 10.0. The average Bonchev–Trinajstić information content (AvgIpc) is 2.86. The average molecular weight is 334 g/mol. The van der Waals surface area contributed by atoms with Gasteiger partial charge in [0.15, 0.2) is 0 Å². The number of aromatic nitrogens is 2. The molecule has 0 unspecified atom stereocenters. The molecule has 2 rings (SSSR count). The van der Waals surface area contributed by atoms with Gasteiger partial charge in [-0.05, 0) is 25.1 Å². The van der Waals surface area contributed by atoms with Crippen LogP contribution in [0.15, 0.2) is 24.4 Å². The van der Waals surface area contributed by atoms with Gasteiger partial charge in [-0.3, -0.25) is 10.00 Å². The molecule has 1 aromatic heterocycles. The molecule has 0 spiro atoms. The second kappa shape index (κ2) is 7.51. The van der Waals surface area contributed by atoms with Crippen molar-refractivity contribution >= 4 is 29.1 Å². The summed E-state index contributed by atoms with van der Waals surface area (Å²) in [4.78, 5) is 11.4. The molecule has 2 aromatic rings. The van der Waals surface area contributed by atoms with Crippen molar-refractivity contribution in [3.05, 3.63) is 40.7 Å². The van der Waals surface area contributed by atoms with Gasteiger partial charge in [-0.15, -0.1) is 0 Å². The Morgan fingerprint density at radius 1 is 1.52 bits per heavy atom. The largest absolute Gasteiger partial charge is 0.450 e. The van der Waals surface area contributed by atoms with E-state index in [2.05, 4.69) is 15.7 Å². The van der Waals surface area contributed by atoms with Gasteiger partial charge in [0.2, 0.25) is 0 Å². The predicted octanol–water partition coefficient (Wildman–Crippen LogP) is 3.13. The summed E-state index contributed by atoms with van der Waals surface area (Å²) in [6.45, 7) is 2.45. The van der Waals surface area contributed by atoms with Gasteiger partial charge in [0.1, 0.15) is 11.2 Å². The first-order valence-corrected chi connectivity index (χ1v) is 7.31. The maximum absolute atomic E-state index is 11.4. The molecule has 0 bridgehead atoms. The molecule has 1 amide bonds. The number of nitrogens with zero attached hydrogens (tertiary/aromatic N) is 3. The lowest BCUT2D eigenvalue weighted by molar-refractivity contribution is 0.168. The van der Waals surface area contributed by atoms with Crippen molar-refractivity contribution in [2.45, 2.75) is 13.5 Å². The number of carbonyl (C=O) groups is 1. The minimum atomic E-state index is -0.591. The highest BCUT2D eigenvalue weighted by Gasteiger charge is 2.09. The fourth-order valence-corrected chi connectivity index (χ4v) is 2.08. The third-order valence-corrected chi connectivity index (χ3v) is 3.56. The molecule has 1 heterocycles. The Labute approximate surface area is 138 Å². The monoisotopic (exact) mass is 333 g/mol. The van der Waals surface area contributed by atoms with Crippen LogP contribution in [0, 0.1) is 11.3 Å². The summed E-state index contributed by atoms with van der Waals surface area (Å²) in [5, 5.41) is 19.5. The van der Waals surface area contributed by atoms with E-state index < -0.39 is 6.09 Å². The van der Waals surface area contributed by atoms with Crippen molar-refractivity contribution in [3.8, 4) is 6.07 Å². The van der Waals surface area contributed by atoms with E-state index in [0.29, 0.717) is 22.9 Å². The molecule has 23 heavy (non-hydrogen) atoms. The first-order valence-electron chi connectivity index (χ1n) is 6.93. The second-order valence-corrected chi connectivity index (χ2v) is 5.01. The van der Waals surface area contributed by atoms with Crippen LogP contribution in [0.2, 0.25) is 5.15 Å². The molecule has 0 aliphatic carbocycles. The van der Waals surface area contributed by atoms with Crippen molar-refractivity contribution in [2.24, 2.45) is 7.05 Å². The van der Waals surface area contributed by atoms with E-state index in [4.69, 9.17) is 16.3 Å². The van der Waals surface area contributed by atoms with Crippen LogP contribution in [0.4, 0.5) is 16.2 Å². The molecule has 0 fully saturated rings. The molecule has 7 nitrogen and oxygen atoms in total. The lowest BCUT2D eigenvalue weighted by Gasteiger charge is -2.10. The Balaban J connectivity index is 2.08. The lowest BCUT2D eigenvalue weighted by Crippen LogP contribution is -2.14. The maximum Gasteiger partial charge on any atom is 0.411 e. The summed E-state index contributed by atoms with van der Waals surface area (Å²) in [6, 6.07) is 7.09. The number of hydrogen-bond donors (Lipinski definition) is 2. The maximum atomic E-state index is 11.4. The van der Waals surface area contributed by atoms with Crippen LogP contribution in [0.3, 0.4) is 0 Å². The number of carbonyl (C=O) groups excluding carboxylic acids is 1. The fourth-order valence-electron chi connectivity index (χ4n) is 1.92. The Morgan fingerprint density at radius 2 is 2.30 bits per heavy atom. The molecule has 120 valence electrons. The number of nitrogens with one attached hydrogen (secondary N) is 2. The van der Waals surface area contributed by atoms with Crippen LogP contribution in [-0.4, -0.2) is 22.5 Å². The highest BCUT2D eigenvalue weighted by molar-refractivity contribution is 6.30. The van der Waals surface area contributed by atoms with Crippen LogP contribution in [0.1, 0.15) is 18.1 Å². The van der Waals surface area contributed by atoms with E-state index in [-0.39, 0.29) is 6.61 Å². The van der Waals surface area contributed by atoms with Crippen LogP contribution in [0.5, 0.6) is 0 Å². The Bertz CT molecular complexity index is 751. The summed E-state index contributed by atoms with van der Waals surface area (Å²) in [5.41, 5.74) is 2.31. The van der Waals surface area contributed by atoms with E-state index >= 15 is 0 Å². The van der Waals surface area contributed by atoms with Crippen LogP contribution < -0.4 is 10.6 Å². The van der Waals surface area contributed by atoms with Gasteiger partial charge in [0.05, 0.1) is 24.1 Å². The van der Waals surface area contributed by atoms with Gasteiger partial charge in [0, 0.05) is 24.8 Å². The van der Waals surface area contributed by atoms with Gasteiger partial charge in [-0.2, -0.15) is 10.4 Å². The predicted molar refractivity (Wildman–Crippen MR) is 87.3 cm³/mol. The van der Waals surface area contributed by atoms with Gasteiger partial charge in [0.25, 0.3) is 0 Å². The minimum absolute atomic E-state index is 0.263. The van der Waals surface area contributed by atoms with Crippen LogP contribution >= 0.6 is 11.6 Å². The zero-order valence-corrected chi connectivity index (χ0v) is 13.5. The molecule has 0 aliphatic rings. The van der Waals surface area contributed by atoms with Crippen molar-refractivity contribution in [1.29, 1.82) is 5.26 Å². The third-order valence-electron chi connectivity index (χ3n) is 3.07. The summed E-state index contributed by atoms with van der Waals surface area (Å²) >= 11 is 6.09. The van der Waals surface area contributed by atoms with Gasteiger partial charge < -0.3 is 10.1 Å². The Morgan fingerprint density at radius 3 is 2.91 bits per heavy atom. The molecule has 0 atom stereocenters. The van der Waals surface area contributed by atoms with E-state index in [0.717, 1.165) is 11.3 Å². The number of rotatable bonds is 5. The molecule has 0 radical (unpaired) electrons. The number of halogens is 1.